The summed E-state index contributed by atoms with van der Waals surface area (Å²) in [6, 6.07) is 15.2. The minimum Gasteiger partial charge on any atom is -0.463 e. The van der Waals surface area contributed by atoms with Crippen molar-refractivity contribution in [3.8, 4) is 0 Å². The van der Waals surface area contributed by atoms with Gasteiger partial charge in [0.1, 0.15) is 0 Å². The standard InChI is InChI=1S/C27H34N4O5S/c1-4-36-26(32)24-23(29(3)27(33)28-25(24)21-11-8-10-20(2)18-21)19-30-14-9-15-31(17-16-30)37(34,35)22-12-6-5-7-13-22/h5-8,10-13,18,25H,4,9,14-17,19H2,1-3H3,(H,28,33)/t25-/m0/s1. The van der Waals surface area contributed by atoms with Crippen molar-refractivity contribution in [1.29, 1.82) is 0 Å². The Bertz CT molecular complexity index is 1280. The average Bonchev–Trinajstić information content (AvgIpc) is 3.13. The van der Waals surface area contributed by atoms with Crippen molar-refractivity contribution in [3.63, 3.8) is 0 Å². The van der Waals surface area contributed by atoms with Gasteiger partial charge in [0.05, 0.1) is 23.1 Å². The number of aryl methyl sites for hydroxylation is 1. The van der Waals surface area contributed by atoms with E-state index in [9.17, 15) is 18.0 Å². The van der Waals surface area contributed by atoms with Crippen molar-refractivity contribution < 1.29 is 22.7 Å². The van der Waals surface area contributed by atoms with E-state index in [4.69, 9.17) is 4.74 Å². The Morgan fingerprint density at radius 2 is 1.81 bits per heavy atom. The second kappa shape index (κ2) is 11.5. The van der Waals surface area contributed by atoms with E-state index in [-0.39, 0.29) is 17.5 Å². The van der Waals surface area contributed by atoms with E-state index in [0.717, 1.165) is 11.1 Å². The number of esters is 1. The molecule has 2 aromatic rings. The zero-order valence-electron chi connectivity index (χ0n) is 21.5. The molecule has 1 saturated heterocycles. The van der Waals surface area contributed by atoms with E-state index in [2.05, 4.69) is 10.2 Å². The summed E-state index contributed by atoms with van der Waals surface area (Å²) in [4.78, 5) is 30.0. The van der Waals surface area contributed by atoms with Crippen LogP contribution in [0.15, 0.2) is 70.8 Å². The molecule has 1 fully saturated rings. The molecule has 198 valence electrons. The van der Waals surface area contributed by atoms with Crippen LogP contribution in [0, 0.1) is 6.92 Å². The number of carbonyl (C=O) groups excluding carboxylic acids is 2. The first-order chi connectivity index (χ1) is 17.7. The van der Waals surface area contributed by atoms with Gasteiger partial charge in [0.2, 0.25) is 10.0 Å². The summed E-state index contributed by atoms with van der Waals surface area (Å²) in [5, 5.41) is 2.95. The van der Waals surface area contributed by atoms with Crippen molar-refractivity contribution in [2.75, 3.05) is 46.4 Å². The van der Waals surface area contributed by atoms with Crippen molar-refractivity contribution in [1.82, 2.24) is 19.4 Å². The van der Waals surface area contributed by atoms with Gasteiger partial charge in [0, 0.05) is 38.9 Å². The molecule has 37 heavy (non-hydrogen) atoms. The van der Waals surface area contributed by atoms with Gasteiger partial charge in [-0.05, 0) is 44.5 Å². The molecule has 1 N–H and O–H groups in total. The van der Waals surface area contributed by atoms with Crippen LogP contribution in [0.1, 0.15) is 30.5 Å². The van der Waals surface area contributed by atoms with E-state index in [1.165, 1.54) is 9.21 Å². The molecule has 10 heteroatoms. The second-order valence-electron chi connectivity index (χ2n) is 9.28. The molecule has 2 aromatic carbocycles. The van der Waals surface area contributed by atoms with Gasteiger partial charge in [0.25, 0.3) is 0 Å². The number of rotatable bonds is 7. The SMILES string of the molecule is CCOC(=O)C1=C(CN2CCCN(S(=O)(=O)c3ccccc3)CC2)N(C)C(=O)N[C@H]1c1cccc(C)c1. The maximum Gasteiger partial charge on any atom is 0.338 e. The highest BCUT2D eigenvalue weighted by Gasteiger charge is 2.38. The second-order valence-corrected chi connectivity index (χ2v) is 11.2. The zero-order valence-corrected chi connectivity index (χ0v) is 22.3. The van der Waals surface area contributed by atoms with Crippen molar-refractivity contribution in [2.24, 2.45) is 0 Å². The molecule has 1 atom stereocenters. The lowest BCUT2D eigenvalue weighted by atomic mass is 9.93. The molecule has 2 aliphatic rings. The molecule has 2 amide bonds. The third kappa shape index (κ3) is 5.87. The van der Waals surface area contributed by atoms with Gasteiger partial charge in [0.15, 0.2) is 0 Å². The van der Waals surface area contributed by atoms with E-state index in [1.807, 2.05) is 31.2 Å². The fraction of sp³-hybridized carbons (Fsp3) is 0.407. The Morgan fingerprint density at radius 3 is 2.51 bits per heavy atom. The molecule has 2 aliphatic heterocycles. The summed E-state index contributed by atoms with van der Waals surface area (Å²) in [6.45, 7) is 6.06. The number of carbonyl (C=O) groups is 2. The number of benzene rings is 2. The zero-order chi connectivity index (χ0) is 26.6. The van der Waals surface area contributed by atoms with Gasteiger partial charge < -0.3 is 10.1 Å². The highest BCUT2D eigenvalue weighted by Crippen LogP contribution is 2.32. The minimum atomic E-state index is -3.60. The molecule has 0 aromatic heterocycles. The van der Waals surface area contributed by atoms with Gasteiger partial charge in [-0.2, -0.15) is 4.31 Å². The fourth-order valence-electron chi connectivity index (χ4n) is 4.80. The third-order valence-corrected chi connectivity index (χ3v) is 8.66. The Labute approximate surface area is 218 Å². The molecular formula is C27H34N4O5S. The number of sulfonamides is 1. The van der Waals surface area contributed by atoms with Crippen LogP contribution in [0.3, 0.4) is 0 Å². The summed E-state index contributed by atoms with van der Waals surface area (Å²) in [5.74, 6) is -0.473. The Morgan fingerprint density at radius 1 is 1.05 bits per heavy atom. The number of likely N-dealkylation sites (N-methyl/N-ethyl adjacent to an activating group) is 1. The lowest BCUT2D eigenvalue weighted by molar-refractivity contribution is -0.139. The predicted octanol–water partition coefficient (Wildman–Crippen LogP) is 2.90. The smallest absolute Gasteiger partial charge is 0.338 e. The van der Waals surface area contributed by atoms with Crippen LogP contribution in [0.4, 0.5) is 4.79 Å². The molecular weight excluding hydrogens is 492 g/mol. The molecule has 0 unspecified atom stereocenters. The number of ether oxygens (including phenoxy) is 1. The van der Waals surface area contributed by atoms with Crippen LogP contribution in [0.5, 0.6) is 0 Å². The first kappa shape index (κ1) is 26.8. The minimum absolute atomic E-state index is 0.212. The lowest BCUT2D eigenvalue weighted by Crippen LogP contribution is -2.49. The number of hydrogen-bond donors (Lipinski definition) is 1. The fourth-order valence-corrected chi connectivity index (χ4v) is 6.29. The number of amides is 2. The first-order valence-corrected chi connectivity index (χ1v) is 13.9. The summed E-state index contributed by atoms with van der Waals surface area (Å²) in [7, 11) is -1.96. The number of urea groups is 1. The van der Waals surface area contributed by atoms with Crippen LogP contribution in [-0.4, -0.2) is 80.9 Å². The Hall–Kier alpha value is -3.21. The summed E-state index contributed by atoms with van der Waals surface area (Å²) in [5.41, 5.74) is 2.78. The summed E-state index contributed by atoms with van der Waals surface area (Å²) >= 11 is 0. The van der Waals surface area contributed by atoms with Crippen molar-refractivity contribution in [2.45, 2.75) is 31.2 Å². The number of hydrogen-bond acceptors (Lipinski definition) is 6. The molecule has 4 rings (SSSR count). The molecule has 0 radical (unpaired) electrons. The van der Waals surface area contributed by atoms with Crippen LogP contribution >= 0.6 is 0 Å². The van der Waals surface area contributed by atoms with Gasteiger partial charge in [-0.3, -0.25) is 9.80 Å². The van der Waals surface area contributed by atoms with Crippen LogP contribution in [0.2, 0.25) is 0 Å². The summed E-state index contributed by atoms with van der Waals surface area (Å²) < 4.78 is 33.2. The average molecular weight is 527 g/mol. The van der Waals surface area contributed by atoms with Crippen LogP contribution in [-0.2, 0) is 19.6 Å². The third-order valence-electron chi connectivity index (χ3n) is 6.75. The molecule has 0 aliphatic carbocycles. The van der Waals surface area contributed by atoms with Gasteiger partial charge in [-0.25, -0.2) is 18.0 Å². The molecule has 2 heterocycles. The molecule has 9 nitrogen and oxygen atoms in total. The highest BCUT2D eigenvalue weighted by atomic mass is 32.2. The maximum atomic E-state index is 13.2. The predicted molar refractivity (Wildman–Crippen MR) is 140 cm³/mol. The first-order valence-electron chi connectivity index (χ1n) is 12.5. The largest absolute Gasteiger partial charge is 0.463 e. The number of nitrogens with zero attached hydrogens (tertiary/aromatic N) is 3. The molecule has 0 saturated carbocycles. The van der Waals surface area contributed by atoms with Crippen LogP contribution in [0.25, 0.3) is 0 Å². The number of nitrogens with one attached hydrogen (secondary N) is 1. The van der Waals surface area contributed by atoms with Gasteiger partial charge >= 0.3 is 12.0 Å². The van der Waals surface area contributed by atoms with Crippen LogP contribution < -0.4 is 5.32 Å². The maximum absolute atomic E-state index is 13.2. The van der Waals surface area contributed by atoms with Gasteiger partial charge in [-0.15, -0.1) is 0 Å². The topological polar surface area (TPSA) is 99.3 Å². The Kier molecular flexibility index (Phi) is 8.31. The van der Waals surface area contributed by atoms with E-state index >= 15 is 0 Å². The van der Waals surface area contributed by atoms with E-state index in [0.29, 0.717) is 50.4 Å². The van der Waals surface area contributed by atoms with E-state index < -0.39 is 22.0 Å². The van der Waals surface area contributed by atoms with E-state index in [1.54, 1.807) is 44.3 Å². The quantitative estimate of drug-likeness (QED) is 0.557. The lowest BCUT2D eigenvalue weighted by Gasteiger charge is -2.36. The monoisotopic (exact) mass is 526 g/mol. The molecule has 0 spiro atoms. The molecule has 0 bridgehead atoms. The Balaban J connectivity index is 1.62. The highest BCUT2D eigenvalue weighted by molar-refractivity contribution is 7.89. The summed E-state index contributed by atoms with van der Waals surface area (Å²) in [6.07, 6.45) is 0.630. The van der Waals surface area contributed by atoms with Gasteiger partial charge in [-0.1, -0.05) is 48.0 Å². The van der Waals surface area contributed by atoms with Crippen molar-refractivity contribution >= 4 is 22.0 Å². The normalized spacial score (nSPS) is 19.9. The van der Waals surface area contributed by atoms with Crippen molar-refractivity contribution in [3.05, 3.63) is 77.0 Å².